The molecule has 0 aliphatic heterocycles. The van der Waals surface area contributed by atoms with E-state index in [9.17, 15) is 13.2 Å². The fourth-order valence-corrected chi connectivity index (χ4v) is 3.98. The number of hydrogen-bond acceptors (Lipinski definition) is 9. The van der Waals surface area contributed by atoms with E-state index >= 15 is 0 Å². The third-order valence-electron chi connectivity index (χ3n) is 4.62. The van der Waals surface area contributed by atoms with Gasteiger partial charge in [0.25, 0.3) is 0 Å². The number of amides is 1. The standard InChI is InChI=1S/C22H28N2O8S/c1-29-15-10-20(31-3)16(21(11-15)32-4)7-8-33(27,28)13-14-5-6-19(30-2)18(9-14)24-22(26)17(23)12-25/h5-11,17,25H,12-13,23H2,1-4H3,(H,24,26)/b8-7-/t17-/m1/s1. The van der Waals surface area contributed by atoms with Crippen LogP contribution in [-0.2, 0) is 20.4 Å². The third-order valence-corrected chi connectivity index (χ3v) is 5.90. The van der Waals surface area contributed by atoms with Crippen LogP contribution in [0.3, 0.4) is 0 Å². The van der Waals surface area contributed by atoms with Gasteiger partial charge in [-0.2, -0.15) is 0 Å². The van der Waals surface area contributed by atoms with Gasteiger partial charge >= 0.3 is 0 Å². The second-order valence-corrected chi connectivity index (χ2v) is 8.76. The van der Waals surface area contributed by atoms with Gasteiger partial charge in [-0.25, -0.2) is 8.42 Å². The van der Waals surface area contributed by atoms with Crippen LogP contribution in [-0.4, -0.2) is 60.5 Å². The van der Waals surface area contributed by atoms with E-state index in [1.54, 1.807) is 18.2 Å². The number of nitrogens with two attached hydrogens (primary N) is 1. The summed E-state index contributed by atoms with van der Waals surface area (Å²) in [5.74, 6) is 0.604. The summed E-state index contributed by atoms with van der Waals surface area (Å²) in [5.41, 5.74) is 6.60. The lowest BCUT2D eigenvalue weighted by atomic mass is 10.1. The molecule has 0 saturated carbocycles. The van der Waals surface area contributed by atoms with Crippen molar-refractivity contribution in [2.75, 3.05) is 40.4 Å². The van der Waals surface area contributed by atoms with Crippen molar-refractivity contribution < 1.29 is 37.3 Å². The fourth-order valence-electron chi connectivity index (χ4n) is 2.90. The van der Waals surface area contributed by atoms with Crippen molar-refractivity contribution in [3.8, 4) is 23.0 Å². The summed E-state index contributed by atoms with van der Waals surface area (Å²) in [6.45, 7) is -0.536. The number of anilines is 1. The number of rotatable bonds is 11. The Labute approximate surface area is 192 Å². The normalized spacial score (nSPS) is 12.3. The van der Waals surface area contributed by atoms with Gasteiger partial charge in [-0.05, 0) is 23.8 Å². The molecule has 33 heavy (non-hydrogen) atoms. The van der Waals surface area contributed by atoms with Crippen LogP contribution >= 0.6 is 0 Å². The second-order valence-electron chi connectivity index (χ2n) is 6.87. The van der Waals surface area contributed by atoms with E-state index in [1.165, 1.54) is 46.6 Å². The maximum atomic E-state index is 12.8. The minimum absolute atomic E-state index is 0.238. The van der Waals surface area contributed by atoms with E-state index in [1.807, 2.05) is 0 Å². The molecule has 0 aliphatic rings. The molecule has 2 aromatic carbocycles. The molecular formula is C22H28N2O8S. The van der Waals surface area contributed by atoms with E-state index in [4.69, 9.17) is 29.8 Å². The Balaban J connectivity index is 2.32. The monoisotopic (exact) mass is 480 g/mol. The van der Waals surface area contributed by atoms with Crippen LogP contribution in [0.1, 0.15) is 11.1 Å². The van der Waals surface area contributed by atoms with E-state index in [-0.39, 0.29) is 11.4 Å². The number of benzene rings is 2. The van der Waals surface area contributed by atoms with Crippen LogP contribution in [0.2, 0.25) is 0 Å². The zero-order valence-electron chi connectivity index (χ0n) is 18.8. The fraction of sp³-hybridized carbons (Fsp3) is 0.318. The molecule has 1 amide bonds. The first kappa shape index (κ1) is 26.0. The Hall–Kier alpha value is -3.28. The Morgan fingerprint density at radius 1 is 1.03 bits per heavy atom. The largest absolute Gasteiger partial charge is 0.496 e. The van der Waals surface area contributed by atoms with E-state index < -0.39 is 28.4 Å². The topological polar surface area (TPSA) is 146 Å². The van der Waals surface area contributed by atoms with Gasteiger partial charge in [0, 0.05) is 17.5 Å². The molecule has 0 fully saturated rings. The molecule has 11 heteroatoms. The molecular weight excluding hydrogens is 452 g/mol. The minimum Gasteiger partial charge on any atom is -0.496 e. The third kappa shape index (κ3) is 6.85. The molecule has 180 valence electrons. The van der Waals surface area contributed by atoms with Crippen LogP contribution in [0.15, 0.2) is 35.7 Å². The predicted octanol–water partition coefficient (Wildman–Crippen LogP) is 1.56. The zero-order valence-corrected chi connectivity index (χ0v) is 19.6. The van der Waals surface area contributed by atoms with Gasteiger partial charge in [0.05, 0.1) is 52.0 Å². The summed E-state index contributed by atoms with van der Waals surface area (Å²) in [6.07, 6.45) is 1.39. The highest BCUT2D eigenvalue weighted by Gasteiger charge is 2.17. The van der Waals surface area contributed by atoms with Gasteiger partial charge in [-0.15, -0.1) is 0 Å². The smallest absolute Gasteiger partial charge is 0.243 e. The van der Waals surface area contributed by atoms with E-state index in [0.717, 1.165) is 5.41 Å². The maximum Gasteiger partial charge on any atom is 0.243 e. The van der Waals surface area contributed by atoms with Gasteiger partial charge < -0.3 is 35.1 Å². The van der Waals surface area contributed by atoms with Gasteiger partial charge in [0.1, 0.15) is 29.0 Å². The van der Waals surface area contributed by atoms with Crippen molar-refractivity contribution >= 4 is 27.5 Å². The van der Waals surface area contributed by atoms with Gasteiger partial charge in [-0.3, -0.25) is 4.79 Å². The van der Waals surface area contributed by atoms with Gasteiger partial charge in [0.15, 0.2) is 9.84 Å². The number of aliphatic hydroxyl groups excluding tert-OH is 1. The van der Waals surface area contributed by atoms with Crippen molar-refractivity contribution in [2.24, 2.45) is 5.73 Å². The number of methoxy groups -OCH3 is 4. The molecule has 0 saturated heterocycles. The molecule has 1 atom stereocenters. The van der Waals surface area contributed by atoms with Crippen molar-refractivity contribution in [3.05, 3.63) is 46.9 Å². The molecule has 10 nitrogen and oxygen atoms in total. The highest BCUT2D eigenvalue weighted by atomic mass is 32.2. The summed E-state index contributed by atoms with van der Waals surface area (Å²) >= 11 is 0. The Bertz CT molecular complexity index is 1090. The first-order chi connectivity index (χ1) is 15.7. The first-order valence-electron chi connectivity index (χ1n) is 9.73. The van der Waals surface area contributed by atoms with Crippen LogP contribution in [0.5, 0.6) is 23.0 Å². The number of carbonyl (C=O) groups excluding carboxylic acids is 1. The highest BCUT2D eigenvalue weighted by Crippen LogP contribution is 2.35. The summed E-state index contributed by atoms with van der Waals surface area (Å²) in [5, 5.41) is 12.6. The van der Waals surface area contributed by atoms with Crippen molar-refractivity contribution in [1.29, 1.82) is 0 Å². The van der Waals surface area contributed by atoms with Crippen molar-refractivity contribution in [1.82, 2.24) is 0 Å². The molecule has 0 aromatic heterocycles. The summed E-state index contributed by atoms with van der Waals surface area (Å²) in [7, 11) is 2.09. The quantitative estimate of drug-likeness (QED) is 0.436. The molecule has 0 spiro atoms. The number of ether oxygens (including phenoxy) is 4. The Morgan fingerprint density at radius 2 is 1.64 bits per heavy atom. The van der Waals surface area contributed by atoms with Crippen LogP contribution in [0.4, 0.5) is 5.69 Å². The molecule has 0 heterocycles. The molecule has 2 aromatic rings. The number of sulfone groups is 1. The number of hydrogen-bond donors (Lipinski definition) is 3. The van der Waals surface area contributed by atoms with Crippen LogP contribution < -0.4 is 30.0 Å². The SMILES string of the molecule is COc1cc(OC)c(/C=C\S(=O)(=O)Cc2ccc(OC)c(NC(=O)[C@H](N)CO)c2)c(OC)c1. The lowest BCUT2D eigenvalue weighted by Gasteiger charge is -2.14. The number of nitrogens with one attached hydrogen (secondary N) is 1. The lowest BCUT2D eigenvalue weighted by Crippen LogP contribution is -2.38. The molecule has 0 unspecified atom stereocenters. The number of aliphatic hydroxyl groups is 1. The minimum atomic E-state index is -3.73. The second kappa shape index (κ2) is 11.5. The van der Waals surface area contributed by atoms with Crippen LogP contribution in [0.25, 0.3) is 6.08 Å². The Morgan fingerprint density at radius 3 is 2.15 bits per heavy atom. The summed E-state index contributed by atoms with van der Waals surface area (Å²) in [6, 6.07) is 6.68. The number of carbonyl (C=O) groups is 1. The molecule has 2 rings (SSSR count). The van der Waals surface area contributed by atoms with E-state index in [0.29, 0.717) is 34.1 Å². The molecule has 4 N–H and O–H groups in total. The van der Waals surface area contributed by atoms with Crippen LogP contribution in [0, 0.1) is 0 Å². The van der Waals surface area contributed by atoms with Gasteiger partial charge in [0.2, 0.25) is 5.91 Å². The predicted molar refractivity (Wildman–Crippen MR) is 124 cm³/mol. The van der Waals surface area contributed by atoms with Crippen molar-refractivity contribution in [2.45, 2.75) is 11.8 Å². The Kier molecular flexibility index (Phi) is 9.09. The van der Waals surface area contributed by atoms with Crippen molar-refractivity contribution in [3.63, 3.8) is 0 Å². The average Bonchev–Trinajstić information content (AvgIpc) is 2.81. The molecule has 0 aliphatic carbocycles. The van der Waals surface area contributed by atoms with E-state index in [2.05, 4.69) is 5.32 Å². The van der Waals surface area contributed by atoms with Gasteiger partial charge in [-0.1, -0.05) is 6.07 Å². The molecule has 0 radical (unpaired) electrons. The lowest BCUT2D eigenvalue weighted by molar-refractivity contribution is -0.118. The average molecular weight is 481 g/mol. The first-order valence-corrected chi connectivity index (χ1v) is 11.4. The molecule has 0 bridgehead atoms. The highest BCUT2D eigenvalue weighted by molar-refractivity contribution is 7.93. The summed E-state index contributed by atoms with van der Waals surface area (Å²) in [4.78, 5) is 12.0. The zero-order chi connectivity index (χ0) is 24.6. The maximum absolute atomic E-state index is 12.8. The summed E-state index contributed by atoms with van der Waals surface area (Å²) < 4.78 is 46.6.